The van der Waals surface area contributed by atoms with Gasteiger partial charge in [-0.2, -0.15) is 0 Å². The zero-order chi connectivity index (χ0) is 11.3. The Balaban J connectivity index is 2.52. The van der Waals surface area contributed by atoms with Crippen molar-refractivity contribution in [2.24, 2.45) is 5.73 Å². The van der Waals surface area contributed by atoms with Crippen molar-refractivity contribution in [1.82, 2.24) is 10.2 Å². The Bertz CT molecular complexity index is 208. The van der Waals surface area contributed by atoms with E-state index in [-0.39, 0.29) is 11.9 Å². The fraction of sp³-hybridized carbons (Fsp3) is 0.909. The molecule has 2 atom stereocenters. The maximum absolute atomic E-state index is 11.2. The number of hydrogen-bond donors (Lipinski definition) is 2. The van der Waals surface area contributed by atoms with E-state index in [4.69, 9.17) is 5.73 Å². The van der Waals surface area contributed by atoms with Gasteiger partial charge >= 0.3 is 0 Å². The lowest BCUT2D eigenvalue weighted by molar-refractivity contribution is -0.124. The third kappa shape index (κ3) is 3.47. The molecule has 0 aromatic heterocycles. The van der Waals surface area contributed by atoms with Gasteiger partial charge in [0.15, 0.2) is 0 Å². The number of hydrogen-bond acceptors (Lipinski definition) is 3. The summed E-state index contributed by atoms with van der Waals surface area (Å²) in [4.78, 5) is 13.4. The molecule has 0 radical (unpaired) electrons. The second kappa shape index (κ2) is 6.08. The number of nitrogens with zero attached hydrogens (tertiary/aromatic N) is 1. The standard InChI is InChI=1S/C11H23N3O/c1-3-13-8-10-6-4-5-7-14(10)9(2)11(12)15/h9-10,13H,3-8H2,1-2H3,(H2,12,15). The van der Waals surface area contributed by atoms with E-state index in [9.17, 15) is 4.79 Å². The summed E-state index contributed by atoms with van der Waals surface area (Å²) in [6.45, 7) is 6.96. The first-order valence-electron chi connectivity index (χ1n) is 5.92. The van der Waals surface area contributed by atoms with Gasteiger partial charge in [-0.15, -0.1) is 0 Å². The van der Waals surface area contributed by atoms with Crippen LogP contribution in [-0.4, -0.2) is 42.5 Å². The van der Waals surface area contributed by atoms with E-state index in [1.54, 1.807) is 0 Å². The lowest BCUT2D eigenvalue weighted by atomic mass is 10.00. The molecule has 1 saturated heterocycles. The summed E-state index contributed by atoms with van der Waals surface area (Å²) >= 11 is 0. The van der Waals surface area contributed by atoms with Gasteiger partial charge in [0.05, 0.1) is 6.04 Å². The Kier molecular flexibility index (Phi) is 5.05. The van der Waals surface area contributed by atoms with Crippen LogP contribution in [0.1, 0.15) is 33.1 Å². The molecule has 0 spiro atoms. The molecule has 15 heavy (non-hydrogen) atoms. The van der Waals surface area contributed by atoms with Gasteiger partial charge in [-0.05, 0) is 32.9 Å². The van der Waals surface area contributed by atoms with Gasteiger partial charge in [-0.25, -0.2) is 0 Å². The number of nitrogens with one attached hydrogen (secondary N) is 1. The molecule has 0 aliphatic carbocycles. The minimum atomic E-state index is -0.210. The number of nitrogens with two attached hydrogens (primary N) is 1. The van der Waals surface area contributed by atoms with Crippen LogP contribution in [0.15, 0.2) is 0 Å². The van der Waals surface area contributed by atoms with E-state index in [0.717, 1.165) is 19.6 Å². The number of likely N-dealkylation sites (tertiary alicyclic amines) is 1. The van der Waals surface area contributed by atoms with Crippen molar-refractivity contribution in [3.05, 3.63) is 0 Å². The average molecular weight is 213 g/mol. The highest BCUT2D eigenvalue weighted by Crippen LogP contribution is 2.18. The van der Waals surface area contributed by atoms with Crippen molar-refractivity contribution in [1.29, 1.82) is 0 Å². The summed E-state index contributed by atoms with van der Waals surface area (Å²) in [5.41, 5.74) is 5.36. The molecule has 0 aromatic carbocycles. The Morgan fingerprint density at radius 3 is 2.93 bits per heavy atom. The summed E-state index contributed by atoms with van der Waals surface area (Å²) in [6.07, 6.45) is 3.61. The highest BCUT2D eigenvalue weighted by Gasteiger charge is 2.28. The van der Waals surface area contributed by atoms with Crippen LogP contribution < -0.4 is 11.1 Å². The predicted octanol–water partition coefficient (Wildman–Crippen LogP) is 0.324. The number of likely N-dealkylation sites (N-methyl/N-ethyl adjacent to an activating group) is 1. The van der Waals surface area contributed by atoms with Crippen molar-refractivity contribution in [2.75, 3.05) is 19.6 Å². The summed E-state index contributed by atoms with van der Waals surface area (Å²) in [6, 6.07) is 0.343. The molecule has 4 heteroatoms. The van der Waals surface area contributed by atoms with E-state index in [1.807, 2.05) is 6.92 Å². The molecule has 1 amide bonds. The minimum absolute atomic E-state index is 0.131. The topological polar surface area (TPSA) is 58.4 Å². The fourth-order valence-electron chi connectivity index (χ4n) is 2.23. The molecule has 0 saturated carbocycles. The van der Waals surface area contributed by atoms with Crippen LogP contribution in [0.5, 0.6) is 0 Å². The normalized spacial score (nSPS) is 25.1. The second-order valence-corrected chi connectivity index (χ2v) is 4.27. The molecule has 1 rings (SSSR count). The smallest absolute Gasteiger partial charge is 0.234 e. The number of piperidine rings is 1. The third-order valence-electron chi connectivity index (χ3n) is 3.21. The average Bonchev–Trinajstić information content (AvgIpc) is 2.25. The van der Waals surface area contributed by atoms with Crippen LogP contribution in [0.25, 0.3) is 0 Å². The lowest BCUT2D eigenvalue weighted by Crippen LogP contribution is -2.53. The van der Waals surface area contributed by atoms with Crippen LogP contribution in [0.2, 0.25) is 0 Å². The molecule has 1 aliphatic rings. The van der Waals surface area contributed by atoms with Gasteiger partial charge in [-0.3, -0.25) is 9.69 Å². The molecule has 1 fully saturated rings. The molecule has 88 valence electrons. The van der Waals surface area contributed by atoms with Gasteiger partial charge in [-0.1, -0.05) is 13.3 Å². The number of carbonyl (C=O) groups excluding carboxylic acids is 1. The Labute approximate surface area is 92.2 Å². The largest absolute Gasteiger partial charge is 0.368 e. The van der Waals surface area contributed by atoms with E-state index >= 15 is 0 Å². The van der Waals surface area contributed by atoms with Crippen LogP contribution in [0, 0.1) is 0 Å². The zero-order valence-electron chi connectivity index (χ0n) is 9.83. The number of carbonyl (C=O) groups is 1. The molecule has 1 heterocycles. The second-order valence-electron chi connectivity index (χ2n) is 4.27. The molecule has 2 unspecified atom stereocenters. The van der Waals surface area contributed by atoms with Gasteiger partial charge in [0.25, 0.3) is 0 Å². The number of primary amides is 1. The fourth-order valence-corrected chi connectivity index (χ4v) is 2.23. The van der Waals surface area contributed by atoms with Gasteiger partial charge in [0, 0.05) is 12.6 Å². The van der Waals surface area contributed by atoms with Crippen LogP contribution in [-0.2, 0) is 4.79 Å². The zero-order valence-corrected chi connectivity index (χ0v) is 9.83. The third-order valence-corrected chi connectivity index (χ3v) is 3.21. The highest BCUT2D eigenvalue weighted by atomic mass is 16.1. The van der Waals surface area contributed by atoms with Crippen molar-refractivity contribution in [3.63, 3.8) is 0 Å². The molecule has 1 aliphatic heterocycles. The molecule has 0 aromatic rings. The molecule has 3 N–H and O–H groups in total. The van der Waals surface area contributed by atoms with E-state index < -0.39 is 0 Å². The number of rotatable bonds is 5. The summed E-state index contributed by atoms with van der Waals surface area (Å²) in [5.74, 6) is -0.210. The predicted molar refractivity (Wildman–Crippen MR) is 61.5 cm³/mol. The van der Waals surface area contributed by atoms with Gasteiger partial charge in [0.1, 0.15) is 0 Å². The minimum Gasteiger partial charge on any atom is -0.368 e. The Hall–Kier alpha value is -0.610. The van der Waals surface area contributed by atoms with E-state index in [2.05, 4.69) is 17.1 Å². The summed E-state index contributed by atoms with van der Waals surface area (Å²) < 4.78 is 0. The van der Waals surface area contributed by atoms with Gasteiger partial charge in [0.2, 0.25) is 5.91 Å². The van der Waals surface area contributed by atoms with Crippen LogP contribution in [0.3, 0.4) is 0 Å². The van der Waals surface area contributed by atoms with Crippen molar-refractivity contribution >= 4 is 5.91 Å². The quantitative estimate of drug-likeness (QED) is 0.691. The first-order valence-corrected chi connectivity index (χ1v) is 5.92. The van der Waals surface area contributed by atoms with Gasteiger partial charge < -0.3 is 11.1 Å². The molecular weight excluding hydrogens is 190 g/mol. The SMILES string of the molecule is CCNCC1CCCCN1C(C)C(N)=O. The Morgan fingerprint density at radius 2 is 2.33 bits per heavy atom. The van der Waals surface area contributed by atoms with Crippen LogP contribution in [0.4, 0.5) is 0 Å². The van der Waals surface area contributed by atoms with Crippen molar-refractivity contribution in [3.8, 4) is 0 Å². The van der Waals surface area contributed by atoms with Crippen molar-refractivity contribution < 1.29 is 4.79 Å². The maximum atomic E-state index is 11.2. The first kappa shape index (κ1) is 12.5. The molecule has 4 nitrogen and oxygen atoms in total. The first-order chi connectivity index (χ1) is 7.16. The summed E-state index contributed by atoms with van der Waals surface area (Å²) in [5, 5.41) is 3.35. The lowest BCUT2D eigenvalue weighted by Gasteiger charge is -2.38. The Morgan fingerprint density at radius 1 is 1.60 bits per heavy atom. The van der Waals surface area contributed by atoms with Crippen molar-refractivity contribution in [2.45, 2.75) is 45.2 Å². The summed E-state index contributed by atoms with van der Waals surface area (Å²) in [7, 11) is 0. The molecule has 0 bridgehead atoms. The monoisotopic (exact) mass is 213 g/mol. The molecular formula is C11H23N3O. The maximum Gasteiger partial charge on any atom is 0.234 e. The van der Waals surface area contributed by atoms with Crippen LogP contribution >= 0.6 is 0 Å². The highest BCUT2D eigenvalue weighted by molar-refractivity contribution is 5.79. The van der Waals surface area contributed by atoms with E-state index in [1.165, 1.54) is 19.3 Å². The number of amides is 1. The van der Waals surface area contributed by atoms with E-state index in [0.29, 0.717) is 6.04 Å².